The molecule has 0 spiro atoms. The average Bonchev–Trinajstić information content (AvgIpc) is 2.59. The van der Waals surface area contributed by atoms with Crippen molar-refractivity contribution in [3.8, 4) is 0 Å². The molecule has 0 atom stereocenters. The van der Waals surface area contributed by atoms with Crippen molar-refractivity contribution < 1.29 is 4.79 Å². The monoisotopic (exact) mass is 243 g/mol. The SMILES string of the molecule is CSCC(=O)Nc1nc2c(s1)CNCC2. The highest BCUT2D eigenvalue weighted by Gasteiger charge is 2.15. The number of carbonyl (C=O) groups excluding carboxylic acids is 1. The number of fused-ring (bicyclic) bond motifs is 1. The molecule has 0 aromatic carbocycles. The lowest BCUT2D eigenvalue weighted by Gasteiger charge is -2.09. The molecule has 2 heterocycles. The summed E-state index contributed by atoms with van der Waals surface area (Å²) in [6.07, 6.45) is 2.88. The molecule has 6 heteroatoms. The third kappa shape index (κ3) is 2.70. The number of nitrogens with zero attached hydrogens (tertiary/aromatic N) is 1. The van der Waals surface area contributed by atoms with Crippen LogP contribution in [0, 0.1) is 0 Å². The fourth-order valence-electron chi connectivity index (χ4n) is 1.47. The first-order valence-electron chi connectivity index (χ1n) is 4.77. The van der Waals surface area contributed by atoms with E-state index in [-0.39, 0.29) is 5.91 Å². The topological polar surface area (TPSA) is 54.0 Å². The summed E-state index contributed by atoms with van der Waals surface area (Å²) in [4.78, 5) is 17.0. The van der Waals surface area contributed by atoms with Gasteiger partial charge in [0.15, 0.2) is 5.13 Å². The third-order valence-corrected chi connectivity index (χ3v) is 3.69. The van der Waals surface area contributed by atoms with Crippen LogP contribution in [0.2, 0.25) is 0 Å². The first-order chi connectivity index (χ1) is 7.29. The largest absolute Gasteiger partial charge is 0.311 e. The summed E-state index contributed by atoms with van der Waals surface area (Å²) in [5.41, 5.74) is 1.14. The van der Waals surface area contributed by atoms with Gasteiger partial charge in [0.25, 0.3) is 0 Å². The van der Waals surface area contributed by atoms with Crippen molar-refractivity contribution >= 4 is 34.1 Å². The molecule has 0 fully saturated rings. The molecule has 1 aliphatic heterocycles. The predicted molar refractivity (Wildman–Crippen MR) is 64.5 cm³/mol. The Morgan fingerprint density at radius 3 is 3.33 bits per heavy atom. The molecule has 0 saturated carbocycles. The van der Waals surface area contributed by atoms with E-state index in [1.54, 1.807) is 11.3 Å². The van der Waals surface area contributed by atoms with E-state index in [0.29, 0.717) is 5.75 Å². The maximum atomic E-state index is 11.3. The van der Waals surface area contributed by atoms with Crippen molar-refractivity contribution in [2.75, 3.05) is 23.9 Å². The van der Waals surface area contributed by atoms with Crippen LogP contribution in [-0.4, -0.2) is 29.4 Å². The molecule has 1 aliphatic rings. The number of hydrogen-bond acceptors (Lipinski definition) is 5. The molecule has 0 radical (unpaired) electrons. The molecule has 0 bridgehead atoms. The number of thiazole rings is 1. The number of rotatable bonds is 3. The van der Waals surface area contributed by atoms with Gasteiger partial charge in [-0.1, -0.05) is 0 Å². The molecule has 4 nitrogen and oxygen atoms in total. The lowest BCUT2D eigenvalue weighted by atomic mass is 10.2. The number of nitrogens with one attached hydrogen (secondary N) is 2. The Bertz CT molecular complexity index is 341. The first kappa shape index (κ1) is 10.9. The van der Waals surface area contributed by atoms with Gasteiger partial charge in [-0.3, -0.25) is 4.79 Å². The predicted octanol–water partition coefficient (Wildman–Crippen LogP) is 1.09. The highest BCUT2D eigenvalue weighted by molar-refractivity contribution is 7.99. The molecule has 15 heavy (non-hydrogen) atoms. The number of amides is 1. The number of thioether (sulfide) groups is 1. The first-order valence-corrected chi connectivity index (χ1v) is 6.98. The Hall–Kier alpha value is -0.590. The number of aromatic nitrogens is 1. The Labute approximate surface area is 96.9 Å². The van der Waals surface area contributed by atoms with Crippen LogP contribution in [0.15, 0.2) is 0 Å². The van der Waals surface area contributed by atoms with Crippen LogP contribution in [0.4, 0.5) is 5.13 Å². The maximum Gasteiger partial charge on any atom is 0.236 e. The fourth-order valence-corrected chi connectivity index (χ4v) is 2.79. The van der Waals surface area contributed by atoms with E-state index in [1.165, 1.54) is 16.6 Å². The summed E-state index contributed by atoms with van der Waals surface area (Å²) in [5.74, 6) is 0.518. The van der Waals surface area contributed by atoms with Crippen molar-refractivity contribution in [1.82, 2.24) is 10.3 Å². The van der Waals surface area contributed by atoms with Gasteiger partial charge in [-0.15, -0.1) is 11.3 Å². The third-order valence-electron chi connectivity index (χ3n) is 2.12. The average molecular weight is 243 g/mol. The summed E-state index contributed by atoms with van der Waals surface area (Å²) in [6, 6.07) is 0. The molecule has 2 rings (SSSR count). The molecule has 1 amide bonds. The molecular formula is C9H13N3OS2. The summed E-state index contributed by atoms with van der Waals surface area (Å²) < 4.78 is 0. The summed E-state index contributed by atoms with van der Waals surface area (Å²) in [6.45, 7) is 1.86. The van der Waals surface area contributed by atoms with Crippen molar-refractivity contribution in [2.24, 2.45) is 0 Å². The van der Waals surface area contributed by atoms with Crippen LogP contribution in [0.1, 0.15) is 10.6 Å². The van der Waals surface area contributed by atoms with Crippen LogP contribution < -0.4 is 10.6 Å². The van der Waals surface area contributed by atoms with Crippen LogP contribution in [-0.2, 0) is 17.8 Å². The molecule has 2 N–H and O–H groups in total. The van der Waals surface area contributed by atoms with E-state index >= 15 is 0 Å². The fraction of sp³-hybridized carbons (Fsp3) is 0.556. The Kier molecular flexibility index (Phi) is 3.61. The van der Waals surface area contributed by atoms with E-state index in [1.807, 2.05) is 6.26 Å². The van der Waals surface area contributed by atoms with Crippen LogP contribution in [0.3, 0.4) is 0 Å². The number of carbonyl (C=O) groups is 1. The molecule has 1 aromatic rings. The number of anilines is 1. The highest BCUT2D eigenvalue weighted by atomic mass is 32.2. The zero-order valence-corrected chi connectivity index (χ0v) is 10.1. The van der Waals surface area contributed by atoms with E-state index in [9.17, 15) is 4.79 Å². The summed E-state index contributed by atoms with van der Waals surface area (Å²) in [7, 11) is 0. The van der Waals surface area contributed by atoms with Gasteiger partial charge in [-0.2, -0.15) is 11.8 Å². The quantitative estimate of drug-likeness (QED) is 0.834. The smallest absolute Gasteiger partial charge is 0.236 e. The zero-order chi connectivity index (χ0) is 10.7. The van der Waals surface area contributed by atoms with Crippen molar-refractivity contribution in [3.63, 3.8) is 0 Å². The minimum atomic E-state index is 0.0292. The van der Waals surface area contributed by atoms with Gasteiger partial charge in [0, 0.05) is 24.4 Å². The van der Waals surface area contributed by atoms with Crippen molar-refractivity contribution in [3.05, 3.63) is 10.6 Å². The zero-order valence-electron chi connectivity index (χ0n) is 8.50. The Morgan fingerprint density at radius 2 is 2.60 bits per heavy atom. The molecule has 82 valence electrons. The van der Waals surface area contributed by atoms with Crippen molar-refractivity contribution in [1.29, 1.82) is 0 Å². The Balaban J connectivity index is 2.03. The van der Waals surface area contributed by atoms with Gasteiger partial charge in [0.05, 0.1) is 11.4 Å². The summed E-state index contributed by atoms with van der Waals surface area (Å²) in [5, 5.41) is 6.84. The maximum absolute atomic E-state index is 11.3. The minimum absolute atomic E-state index is 0.0292. The summed E-state index contributed by atoms with van der Waals surface area (Å²) >= 11 is 3.09. The van der Waals surface area contributed by atoms with E-state index in [2.05, 4.69) is 15.6 Å². The van der Waals surface area contributed by atoms with Gasteiger partial charge < -0.3 is 10.6 Å². The van der Waals surface area contributed by atoms with Crippen LogP contribution >= 0.6 is 23.1 Å². The minimum Gasteiger partial charge on any atom is -0.311 e. The van der Waals surface area contributed by atoms with Crippen LogP contribution in [0.5, 0.6) is 0 Å². The molecule has 0 saturated heterocycles. The Morgan fingerprint density at radius 1 is 1.73 bits per heavy atom. The second kappa shape index (κ2) is 4.96. The van der Waals surface area contributed by atoms with Crippen molar-refractivity contribution in [2.45, 2.75) is 13.0 Å². The highest BCUT2D eigenvalue weighted by Crippen LogP contribution is 2.25. The van der Waals surface area contributed by atoms with Gasteiger partial charge in [-0.25, -0.2) is 4.98 Å². The van der Waals surface area contributed by atoms with Gasteiger partial charge in [-0.05, 0) is 6.26 Å². The molecule has 0 unspecified atom stereocenters. The lowest BCUT2D eigenvalue weighted by Crippen LogP contribution is -2.22. The molecule has 1 aromatic heterocycles. The second-order valence-corrected chi connectivity index (χ2v) is 5.25. The van der Waals surface area contributed by atoms with E-state index < -0.39 is 0 Å². The lowest BCUT2D eigenvalue weighted by molar-refractivity contribution is -0.113. The van der Waals surface area contributed by atoms with Gasteiger partial charge in [0.2, 0.25) is 5.91 Å². The standard InChI is InChI=1S/C9H13N3OS2/c1-14-5-8(13)12-9-11-6-2-3-10-4-7(6)15-9/h10H,2-5H2,1H3,(H,11,12,13). The van der Waals surface area contributed by atoms with Gasteiger partial charge in [0.1, 0.15) is 0 Å². The number of hydrogen-bond donors (Lipinski definition) is 2. The van der Waals surface area contributed by atoms with E-state index in [4.69, 9.17) is 0 Å². The second-order valence-electron chi connectivity index (χ2n) is 3.30. The molecular weight excluding hydrogens is 230 g/mol. The van der Waals surface area contributed by atoms with E-state index in [0.717, 1.165) is 30.3 Å². The van der Waals surface area contributed by atoms with Crippen LogP contribution in [0.25, 0.3) is 0 Å². The van der Waals surface area contributed by atoms with Gasteiger partial charge >= 0.3 is 0 Å². The molecule has 0 aliphatic carbocycles. The normalized spacial score (nSPS) is 14.7.